The molecule has 10 nitrogen and oxygen atoms in total. The maximum atomic E-state index is 13.5. The quantitative estimate of drug-likeness (QED) is 0.481. The molecular weight excluding hydrogens is 462 g/mol. The summed E-state index contributed by atoms with van der Waals surface area (Å²) in [6.07, 6.45) is 4.97. The number of carbonyl (C=O) groups is 1. The summed E-state index contributed by atoms with van der Waals surface area (Å²) in [6, 6.07) is 9.53. The normalized spacial score (nSPS) is 14.8. The molecule has 1 N–H and O–H groups in total. The van der Waals surface area contributed by atoms with Gasteiger partial charge in [-0.25, -0.2) is 24.1 Å². The number of aromatic nitrogens is 4. The highest BCUT2D eigenvalue weighted by Crippen LogP contribution is 2.27. The van der Waals surface area contributed by atoms with Crippen molar-refractivity contribution in [1.29, 1.82) is 0 Å². The van der Waals surface area contributed by atoms with Gasteiger partial charge in [-0.1, -0.05) is 36.8 Å². The van der Waals surface area contributed by atoms with E-state index < -0.39 is 23.3 Å². The fourth-order valence-electron chi connectivity index (χ4n) is 3.87. The van der Waals surface area contributed by atoms with Crippen molar-refractivity contribution in [3.63, 3.8) is 0 Å². The average molecular weight is 494 g/mol. The second-order valence-corrected chi connectivity index (χ2v) is 9.24. The molecule has 10 heteroatoms. The number of rotatable bonds is 8. The van der Waals surface area contributed by atoms with Crippen LogP contribution in [0.4, 0.5) is 5.69 Å². The van der Waals surface area contributed by atoms with E-state index in [9.17, 15) is 14.4 Å². The summed E-state index contributed by atoms with van der Waals surface area (Å²) in [6.45, 7) is 5.52. The molecule has 0 amide bonds. The van der Waals surface area contributed by atoms with Gasteiger partial charge in [0.1, 0.15) is 6.10 Å². The average Bonchev–Trinajstić information content (AvgIpc) is 2.83. The number of aryl methyl sites for hydroxylation is 2. The minimum atomic E-state index is -0.681. The first-order chi connectivity index (χ1) is 17.2. The third kappa shape index (κ3) is 5.64. The predicted octanol–water partition coefficient (Wildman–Crippen LogP) is 2.37. The third-order valence-electron chi connectivity index (χ3n) is 6.28. The molecule has 0 bridgehead atoms. The van der Waals surface area contributed by atoms with Gasteiger partial charge in [0.2, 0.25) is 11.5 Å². The van der Waals surface area contributed by atoms with Crippen molar-refractivity contribution >= 4 is 11.7 Å². The Morgan fingerprint density at radius 3 is 2.53 bits per heavy atom. The van der Waals surface area contributed by atoms with Crippen LogP contribution in [-0.4, -0.2) is 38.3 Å². The van der Waals surface area contributed by atoms with Gasteiger partial charge < -0.3 is 9.47 Å². The van der Waals surface area contributed by atoms with Crippen LogP contribution in [0.25, 0.3) is 0 Å². The zero-order valence-corrected chi connectivity index (χ0v) is 21.0. The van der Waals surface area contributed by atoms with Gasteiger partial charge in [0, 0.05) is 12.1 Å². The molecule has 0 spiro atoms. The van der Waals surface area contributed by atoms with Crippen LogP contribution in [0.3, 0.4) is 0 Å². The lowest BCUT2D eigenvalue weighted by Gasteiger charge is -2.26. The lowest BCUT2D eigenvalue weighted by atomic mass is 9.96. The number of pyridine rings is 1. The van der Waals surface area contributed by atoms with Crippen molar-refractivity contribution in [3.8, 4) is 5.88 Å². The molecule has 2 aromatic heterocycles. The number of hydrogen-bond donors (Lipinski definition) is 1. The minimum absolute atomic E-state index is 0.0846. The molecule has 190 valence electrons. The van der Waals surface area contributed by atoms with Crippen molar-refractivity contribution in [1.82, 2.24) is 19.1 Å². The van der Waals surface area contributed by atoms with E-state index in [1.807, 2.05) is 38.1 Å². The summed E-state index contributed by atoms with van der Waals surface area (Å²) in [7, 11) is 1.27. The first kappa shape index (κ1) is 25.2. The molecule has 2 heterocycles. The van der Waals surface area contributed by atoms with E-state index in [1.165, 1.54) is 11.7 Å². The van der Waals surface area contributed by atoms with E-state index in [4.69, 9.17) is 9.47 Å². The zero-order valence-electron chi connectivity index (χ0n) is 21.0. The van der Waals surface area contributed by atoms with Crippen LogP contribution < -0.4 is 21.7 Å². The van der Waals surface area contributed by atoms with Crippen molar-refractivity contribution in [2.45, 2.75) is 59.2 Å². The van der Waals surface area contributed by atoms with Gasteiger partial charge >= 0.3 is 17.3 Å². The fourth-order valence-corrected chi connectivity index (χ4v) is 3.87. The number of ether oxygens (including phenoxy) is 2. The van der Waals surface area contributed by atoms with E-state index >= 15 is 0 Å². The Balaban J connectivity index is 1.77. The lowest BCUT2D eigenvalue weighted by molar-refractivity contribution is -0.145. The number of methoxy groups -OCH3 is 1. The predicted molar refractivity (Wildman–Crippen MR) is 133 cm³/mol. The first-order valence-electron chi connectivity index (χ1n) is 12.0. The first-order valence-corrected chi connectivity index (χ1v) is 12.0. The molecule has 36 heavy (non-hydrogen) atoms. The molecule has 1 saturated carbocycles. The van der Waals surface area contributed by atoms with Crippen LogP contribution in [0.15, 0.2) is 51.1 Å². The molecule has 3 aromatic rings. The van der Waals surface area contributed by atoms with E-state index in [2.05, 4.69) is 15.0 Å². The number of H-pyrrole nitrogens is 1. The molecule has 1 fully saturated rings. The molecule has 0 saturated heterocycles. The monoisotopic (exact) mass is 493 g/mol. The Morgan fingerprint density at radius 1 is 1.19 bits per heavy atom. The van der Waals surface area contributed by atoms with Gasteiger partial charge in [-0.3, -0.25) is 14.3 Å². The number of aromatic amines is 1. The molecule has 1 aliphatic carbocycles. The summed E-state index contributed by atoms with van der Waals surface area (Å²) in [5, 5.41) is 0. The molecule has 4 rings (SSSR count). The summed E-state index contributed by atoms with van der Waals surface area (Å²) in [4.78, 5) is 49.9. The van der Waals surface area contributed by atoms with Gasteiger partial charge in [0.15, 0.2) is 0 Å². The molecule has 1 aliphatic rings. The Bertz CT molecular complexity index is 1430. The van der Waals surface area contributed by atoms with Crippen LogP contribution in [0.2, 0.25) is 0 Å². The summed E-state index contributed by atoms with van der Waals surface area (Å²) >= 11 is 0. The van der Waals surface area contributed by atoms with Crippen LogP contribution in [0.1, 0.15) is 42.9 Å². The Hall–Kier alpha value is -3.95. The van der Waals surface area contributed by atoms with Crippen LogP contribution in [0, 0.1) is 19.8 Å². The Labute approximate surface area is 208 Å². The molecule has 1 atom stereocenters. The molecule has 0 radical (unpaired) electrons. The molecule has 1 aromatic carbocycles. The van der Waals surface area contributed by atoms with Crippen molar-refractivity contribution in [3.05, 3.63) is 79.8 Å². The highest BCUT2D eigenvalue weighted by Gasteiger charge is 2.21. The number of benzene rings is 1. The summed E-state index contributed by atoms with van der Waals surface area (Å²) in [5.74, 6) is -0.628. The van der Waals surface area contributed by atoms with Crippen molar-refractivity contribution < 1.29 is 14.3 Å². The van der Waals surface area contributed by atoms with E-state index in [0.29, 0.717) is 11.6 Å². The number of nitrogens with one attached hydrogen (secondary N) is 1. The minimum Gasteiger partial charge on any atom is -0.474 e. The van der Waals surface area contributed by atoms with Gasteiger partial charge in [0.05, 0.1) is 31.5 Å². The Morgan fingerprint density at radius 2 is 1.92 bits per heavy atom. The topological polar surface area (TPSA) is 121 Å². The van der Waals surface area contributed by atoms with Crippen LogP contribution >= 0.6 is 0 Å². The lowest BCUT2D eigenvalue weighted by Crippen LogP contribution is -2.51. The number of nitrogens with zero attached hydrogens (tertiary/aromatic N) is 4. The maximum absolute atomic E-state index is 13.5. The van der Waals surface area contributed by atoms with Gasteiger partial charge in [-0.2, -0.15) is 0 Å². The SMILES string of the molecule is COC(=O)[C@@H](C)Cn1c(=O)[nH]/c(=N\c2cnc(OC3CCC3)c(C)c2)n(Cc2ccc(C)cc2)c1=O. The van der Waals surface area contributed by atoms with Gasteiger partial charge in [-0.05, 0) is 44.7 Å². The number of carbonyl (C=O) groups excluding carboxylic acids is 1. The molecule has 0 unspecified atom stereocenters. The zero-order chi connectivity index (χ0) is 25.8. The Kier molecular flexibility index (Phi) is 7.52. The van der Waals surface area contributed by atoms with Crippen LogP contribution in [-0.2, 0) is 22.6 Å². The fraction of sp³-hybridized carbons (Fsp3) is 0.423. The van der Waals surface area contributed by atoms with Crippen molar-refractivity contribution in [2.24, 2.45) is 10.9 Å². The number of hydrogen-bond acceptors (Lipinski definition) is 7. The summed E-state index contributed by atoms with van der Waals surface area (Å²) in [5.41, 5.74) is 2.08. The second kappa shape index (κ2) is 10.8. The van der Waals surface area contributed by atoms with Crippen LogP contribution in [0.5, 0.6) is 5.88 Å². The standard InChI is InChI=1S/C26H31N5O5/c1-16-8-10-19(11-9-16)15-30-24(29-25(33)31(26(30)34)14-18(3)23(32)35-4)28-20-12-17(2)22(27-13-20)36-21-6-5-7-21/h8-13,18,21H,5-7,14-15H2,1-4H3,(H,28,29,33)/t18-/m0/s1. The van der Waals surface area contributed by atoms with E-state index in [0.717, 1.165) is 40.5 Å². The second-order valence-electron chi connectivity index (χ2n) is 9.24. The highest BCUT2D eigenvalue weighted by atomic mass is 16.5. The summed E-state index contributed by atoms with van der Waals surface area (Å²) < 4.78 is 13.0. The van der Waals surface area contributed by atoms with Crippen molar-refractivity contribution in [2.75, 3.05) is 7.11 Å². The molecule has 0 aliphatic heterocycles. The van der Waals surface area contributed by atoms with Gasteiger partial charge in [0.25, 0.3) is 0 Å². The maximum Gasteiger partial charge on any atom is 0.335 e. The van der Waals surface area contributed by atoms with E-state index in [-0.39, 0.29) is 24.8 Å². The third-order valence-corrected chi connectivity index (χ3v) is 6.28. The smallest absolute Gasteiger partial charge is 0.335 e. The molecular formula is C26H31N5O5. The van der Waals surface area contributed by atoms with E-state index in [1.54, 1.807) is 19.2 Å². The van der Waals surface area contributed by atoms with Gasteiger partial charge in [-0.15, -0.1) is 0 Å². The largest absolute Gasteiger partial charge is 0.474 e. The highest BCUT2D eigenvalue weighted by molar-refractivity contribution is 5.71. The number of esters is 1.